The summed E-state index contributed by atoms with van der Waals surface area (Å²) >= 11 is 0. The van der Waals surface area contributed by atoms with Gasteiger partial charge in [-0.15, -0.1) is 0 Å². The number of carbonyl (C=O) groups excluding carboxylic acids is 1. The van der Waals surface area contributed by atoms with Crippen LogP contribution in [0, 0.1) is 6.92 Å². The molecule has 1 aromatic heterocycles. The number of carbonyl (C=O) groups is 1. The van der Waals surface area contributed by atoms with Gasteiger partial charge in [0, 0.05) is 31.7 Å². The lowest BCUT2D eigenvalue weighted by Gasteiger charge is -2.05. The predicted molar refractivity (Wildman–Crippen MR) is 58.6 cm³/mol. The molecule has 1 rings (SSSR count). The lowest BCUT2D eigenvalue weighted by molar-refractivity contribution is -0.141. The summed E-state index contributed by atoms with van der Waals surface area (Å²) in [5.74, 6) is -0.260. The Morgan fingerprint density at radius 1 is 1.56 bits per heavy atom. The maximum absolute atomic E-state index is 12.4. The molecule has 102 valence electrons. The summed E-state index contributed by atoms with van der Waals surface area (Å²) in [7, 11) is 0. The lowest BCUT2D eigenvalue weighted by atomic mass is 10.3. The highest BCUT2D eigenvalue weighted by molar-refractivity contribution is 5.75. The van der Waals surface area contributed by atoms with Crippen LogP contribution in [0.4, 0.5) is 13.2 Å². The second-order valence-corrected chi connectivity index (χ2v) is 3.78. The van der Waals surface area contributed by atoms with Gasteiger partial charge < -0.3 is 11.1 Å². The van der Waals surface area contributed by atoms with Gasteiger partial charge in [-0.2, -0.15) is 18.3 Å². The van der Waals surface area contributed by atoms with E-state index in [0.29, 0.717) is 18.8 Å². The van der Waals surface area contributed by atoms with Gasteiger partial charge in [-0.05, 0) is 13.0 Å². The van der Waals surface area contributed by atoms with Crippen LogP contribution in [-0.2, 0) is 17.5 Å². The minimum absolute atomic E-state index is 0.0693. The van der Waals surface area contributed by atoms with Gasteiger partial charge in [-0.25, -0.2) is 0 Å². The summed E-state index contributed by atoms with van der Waals surface area (Å²) in [6, 6.07) is 0.956. The van der Waals surface area contributed by atoms with E-state index in [1.807, 2.05) is 0 Å². The molecule has 0 fully saturated rings. The van der Waals surface area contributed by atoms with Crippen molar-refractivity contribution in [3.05, 3.63) is 17.5 Å². The SMILES string of the molecule is Cc1cc(C(F)(F)F)nn1CCC(=O)NCCN. The monoisotopic (exact) mass is 264 g/mol. The van der Waals surface area contributed by atoms with Crippen LogP contribution in [0.25, 0.3) is 0 Å². The Morgan fingerprint density at radius 3 is 2.72 bits per heavy atom. The lowest BCUT2D eigenvalue weighted by Crippen LogP contribution is -2.29. The molecule has 0 spiro atoms. The molecular formula is C10H15F3N4O. The number of aryl methyl sites for hydroxylation is 2. The maximum atomic E-state index is 12.4. The minimum Gasteiger partial charge on any atom is -0.355 e. The Bertz CT molecular complexity index is 414. The number of alkyl halides is 3. The van der Waals surface area contributed by atoms with E-state index < -0.39 is 11.9 Å². The molecule has 0 radical (unpaired) electrons. The van der Waals surface area contributed by atoms with Crippen LogP contribution in [-0.4, -0.2) is 28.8 Å². The normalized spacial score (nSPS) is 11.6. The second-order valence-electron chi connectivity index (χ2n) is 3.78. The minimum atomic E-state index is -4.46. The van der Waals surface area contributed by atoms with Crippen molar-refractivity contribution in [2.45, 2.75) is 26.1 Å². The molecule has 0 unspecified atom stereocenters. The summed E-state index contributed by atoms with van der Waals surface area (Å²) in [5, 5.41) is 5.95. The number of amides is 1. The summed E-state index contributed by atoms with van der Waals surface area (Å²) in [6.45, 7) is 2.30. The molecule has 0 aromatic carbocycles. The van der Waals surface area contributed by atoms with Crippen LogP contribution >= 0.6 is 0 Å². The summed E-state index contributed by atoms with van der Waals surface area (Å²) in [4.78, 5) is 11.3. The fourth-order valence-corrected chi connectivity index (χ4v) is 1.38. The second kappa shape index (κ2) is 5.85. The smallest absolute Gasteiger partial charge is 0.355 e. The van der Waals surface area contributed by atoms with Crippen LogP contribution in [0.1, 0.15) is 17.8 Å². The number of nitrogens with two attached hydrogens (primary N) is 1. The highest BCUT2D eigenvalue weighted by atomic mass is 19.4. The molecule has 1 amide bonds. The first kappa shape index (κ1) is 14.5. The first-order valence-electron chi connectivity index (χ1n) is 5.43. The van der Waals surface area contributed by atoms with E-state index in [1.54, 1.807) is 0 Å². The number of rotatable bonds is 5. The Hall–Kier alpha value is -1.57. The fraction of sp³-hybridized carbons (Fsp3) is 0.600. The van der Waals surface area contributed by atoms with Crippen molar-refractivity contribution < 1.29 is 18.0 Å². The summed E-state index contributed by atoms with van der Waals surface area (Å²) in [5.41, 5.74) is 4.63. The largest absolute Gasteiger partial charge is 0.435 e. The number of aromatic nitrogens is 2. The standard InChI is InChI=1S/C10H15F3N4O/c1-7-6-8(10(11,12)13)16-17(7)5-2-9(18)15-4-3-14/h6H,2-5,14H2,1H3,(H,15,18). The number of halogens is 3. The zero-order valence-corrected chi connectivity index (χ0v) is 9.92. The molecule has 18 heavy (non-hydrogen) atoms. The van der Waals surface area contributed by atoms with Gasteiger partial charge in [-0.3, -0.25) is 9.48 Å². The number of hydrogen-bond acceptors (Lipinski definition) is 3. The quantitative estimate of drug-likeness (QED) is 0.821. The highest BCUT2D eigenvalue weighted by Crippen LogP contribution is 2.28. The first-order valence-corrected chi connectivity index (χ1v) is 5.43. The Balaban J connectivity index is 2.58. The summed E-state index contributed by atoms with van der Waals surface area (Å²) in [6.07, 6.45) is -4.39. The van der Waals surface area contributed by atoms with Crippen molar-refractivity contribution in [3.8, 4) is 0 Å². The van der Waals surface area contributed by atoms with Gasteiger partial charge in [0.25, 0.3) is 0 Å². The van der Waals surface area contributed by atoms with Crippen LogP contribution in [0.15, 0.2) is 6.07 Å². The number of hydrogen-bond donors (Lipinski definition) is 2. The van der Waals surface area contributed by atoms with Crippen LogP contribution in [0.3, 0.4) is 0 Å². The van der Waals surface area contributed by atoms with Gasteiger partial charge >= 0.3 is 6.18 Å². The van der Waals surface area contributed by atoms with Crippen LogP contribution in [0.5, 0.6) is 0 Å². The third-order valence-electron chi connectivity index (χ3n) is 2.29. The predicted octanol–water partition coefficient (Wildman–Crippen LogP) is 0.675. The van der Waals surface area contributed by atoms with Crippen molar-refractivity contribution in [2.75, 3.05) is 13.1 Å². The molecule has 0 aliphatic heterocycles. The van der Waals surface area contributed by atoms with E-state index in [9.17, 15) is 18.0 Å². The Kier molecular flexibility index (Phi) is 4.71. The van der Waals surface area contributed by atoms with Gasteiger partial charge in [0.2, 0.25) is 5.91 Å². The number of nitrogens with zero attached hydrogens (tertiary/aromatic N) is 2. The average molecular weight is 264 g/mol. The molecule has 0 saturated heterocycles. The van der Waals surface area contributed by atoms with Crippen molar-refractivity contribution in [1.82, 2.24) is 15.1 Å². The van der Waals surface area contributed by atoms with Crippen molar-refractivity contribution >= 4 is 5.91 Å². The van der Waals surface area contributed by atoms with Crippen molar-refractivity contribution in [1.29, 1.82) is 0 Å². The molecule has 1 heterocycles. The highest BCUT2D eigenvalue weighted by Gasteiger charge is 2.34. The molecule has 5 nitrogen and oxygen atoms in total. The zero-order chi connectivity index (χ0) is 13.8. The molecule has 0 saturated carbocycles. The molecule has 0 atom stereocenters. The molecule has 0 aliphatic rings. The number of nitrogens with one attached hydrogen (secondary N) is 1. The molecule has 3 N–H and O–H groups in total. The third-order valence-corrected chi connectivity index (χ3v) is 2.29. The van der Waals surface area contributed by atoms with Gasteiger partial charge in [-0.1, -0.05) is 0 Å². The van der Waals surface area contributed by atoms with E-state index in [2.05, 4.69) is 10.4 Å². The molecule has 0 bridgehead atoms. The van der Waals surface area contributed by atoms with E-state index in [-0.39, 0.29) is 18.9 Å². The molecule has 8 heteroatoms. The van der Waals surface area contributed by atoms with E-state index in [1.165, 1.54) is 11.6 Å². The van der Waals surface area contributed by atoms with Gasteiger partial charge in [0.05, 0.1) is 0 Å². The topological polar surface area (TPSA) is 72.9 Å². The van der Waals surface area contributed by atoms with Crippen LogP contribution in [0.2, 0.25) is 0 Å². The molecular weight excluding hydrogens is 249 g/mol. The third kappa shape index (κ3) is 4.02. The summed E-state index contributed by atoms with van der Waals surface area (Å²) < 4.78 is 38.3. The fourth-order valence-electron chi connectivity index (χ4n) is 1.38. The van der Waals surface area contributed by atoms with Gasteiger partial charge in [0.1, 0.15) is 0 Å². The Morgan fingerprint density at radius 2 is 2.22 bits per heavy atom. The van der Waals surface area contributed by atoms with E-state index in [0.717, 1.165) is 6.07 Å². The Labute approximate surface area is 102 Å². The van der Waals surface area contributed by atoms with Crippen LogP contribution < -0.4 is 11.1 Å². The van der Waals surface area contributed by atoms with Crippen molar-refractivity contribution in [3.63, 3.8) is 0 Å². The first-order chi connectivity index (χ1) is 8.34. The zero-order valence-electron chi connectivity index (χ0n) is 9.92. The van der Waals surface area contributed by atoms with E-state index in [4.69, 9.17) is 5.73 Å². The van der Waals surface area contributed by atoms with Crippen molar-refractivity contribution in [2.24, 2.45) is 5.73 Å². The maximum Gasteiger partial charge on any atom is 0.435 e. The van der Waals surface area contributed by atoms with E-state index >= 15 is 0 Å². The van der Waals surface area contributed by atoms with Gasteiger partial charge in [0.15, 0.2) is 5.69 Å². The molecule has 1 aromatic rings. The molecule has 0 aliphatic carbocycles. The average Bonchev–Trinajstić information content (AvgIpc) is 2.65.